The summed E-state index contributed by atoms with van der Waals surface area (Å²) in [4.78, 5) is 75.7. The van der Waals surface area contributed by atoms with Crippen LogP contribution in [-0.4, -0.2) is 117 Å². The number of benzene rings is 3. The van der Waals surface area contributed by atoms with E-state index in [9.17, 15) is 19.2 Å². The van der Waals surface area contributed by atoms with Crippen molar-refractivity contribution in [1.29, 1.82) is 0 Å². The largest absolute Gasteiger partial charge is 0.488 e. The lowest BCUT2D eigenvalue weighted by atomic mass is 9.85. The second kappa shape index (κ2) is 19.7. The number of amides is 4. The van der Waals surface area contributed by atoms with Gasteiger partial charge in [-0.3, -0.25) is 9.59 Å². The summed E-state index contributed by atoms with van der Waals surface area (Å²) in [5.74, 6) is 1.64. The number of H-pyrrole nitrogens is 2. The zero-order valence-electron chi connectivity index (χ0n) is 41.7. The van der Waals surface area contributed by atoms with Crippen LogP contribution in [-0.2, 0) is 35.1 Å². The summed E-state index contributed by atoms with van der Waals surface area (Å²) in [5, 5.41) is 7.73. The Bertz CT molecular complexity index is 2850. The second-order valence-corrected chi connectivity index (χ2v) is 21.5. The van der Waals surface area contributed by atoms with E-state index in [1.54, 1.807) is 0 Å². The summed E-state index contributed by atoms with van der Waals surface area (Å²) in [6.07, 6.45) is 4.21. The van der Waals surface area contributed by atoms with Crippen LogP contribution < -0.4 is 15.4 Å². The molecular weight excluding hydrogens is 973 g/mol. The molecule has 5 aliphatic rings. The third kappa shape index (κ3) is 9.35. The van der Waals surface area contributed by atoms with Gasteiger partial charge in [-0.1, -0.05) is 18.2 Å². The highest BCUT2D eigenvalue weighted by Crippen LogP contribution is 2.45. The van der Waals surface area contributed by atoms with Gasteiger partial charge in [-0.05, 0) is 161 Å². The lowest BCUT2D eigenvalue weighted by Gasteiger charge is -2.39. The molecule has 4 amide bonds. The van der Waals surface area contributed by atoms with E-state index >= 15 is 0 Å². The highest BCUT2D eigenvalue weighted by atomic mass is 79.9. The third-order valence-electron chi connectivity index (χ3n) is 15.7. The number of hydrogen-bond acceptors (Lipinski definition) is 11. The van der Waals surface area contributed by atoms with E-state index in [-0.39, 0.29) is 72.2 Å². The first-order chi connectivity index (χ1) is 34.1. The molecule has 7 heterocycles. The molecule has 378 valence electrons. The van der Waals surface area contributed by atoms with Crippen molar-refractivity contribution in [1.82, 2.24) is 40.4 Å². The van der Waals surface area contributed by atoms with Crippen LogP contribution >= 0.6 is 15.9 Å². The molecule has 18 heteroatoms. The number of ether oxygens (including phenoxy) is 5. The van der Waals surface area contributed by atoms with Crippen LogP contribution in [0.15, 0.2) is 47.1 Å². The molecule has 0 spiro atoms. The van der Waals surface area contributed by atoms with Crippen LogP contribution in [0.25, 0.3) is 44.2 Å². The number of halogens is 1. The summed E-state index contributed by atoms with van der Waals surface area (Å²) < 4.78 is 29.2. The Hall–Kier alpha value is -5.72. The van der Waals surface area contributed by atoms with E-state index in [0.717, 1.165) is 81.2 Å². The van der Waals surface area contributed by atoms with Crippen LogP contribution in [0.5, 0.6) is 5.75 Å². The number of rotatable bonds is 9. The molecule has 4 saturated heterocycles. The second-order valence-electron chi connectivity index (χ2n) is 20.7. The highest BCUT2D eigenvalue weighted by Gasteiger charge is 2.46. The van der Waals surface area contributed by atoms with Gasteiger partial charge in [0.05, 0.1) is 61.8 Å². The summed E-state index contributed by atoms with van der Waals surface area (Å²) >= 11 is 3.77. The van der Waals surface area contributed by atoms with E-state index in [4.69, 9.17) is 33.7 Å². The number of carbonyl (C=O) groups excluding carboxylic acids is 4. The number of methoxy groups -OCH3 is 2. The van der Waals surface area contributed by atoms with Crippen LogP contribution in [0.4, 0.5) is 9.59 Å². The highest BCUT2D eigenvalue weighted by molar-refractivity contribution is 9.10. The van der Waals surface area contributed by atoms with Gasteiger partial charge in [0.2, 0.25) is 11.8 Å². The van der Waals surface area contributed by atoms with Crippen LogP contribution in [0.1, 0.15) is 122 Å². The zero-order chi connectivity index (χ0) is 50.0. The Morgan fingerprint density at radius 2 is 1.24 bits per heavy atom. The van der Waals surface area contributed by atoms with Gasteiger partial charge in [0.25, 0.3) is 0 Å². The van der Waals surface area contributed by atoms with E-state index in [2.05, 4.69) is 79.9 Å². The first kappa shape index (κ1) is 48.9. The maximum atomic E-state index is 14.6. The standard InChI is InChI=1S/C53H65BrN8O9/c1-25-9-15-40(61(25)50(63)44(58-52(65)67-7)33-17-27(3)70-28(4)18-33)48-55-39-14-12-31-22-38-36-13-11-32(21-35(36)24-69-42(38)23-37(31)46(39)57-48)43-47(54)60-49(56-43)41-16-10-26(2)62(41)51(64)45(59-53(66)68-8)34-19-29(5)71-30(6)20-34/h11-14,21-23,25-30,33-34,40-41,44-45H,9-10,15-20,24H2,1-8H3,(H,55,57)(H,56,60)(H,58,65)(H,59,66)/t25-,26-,27+,28+,29+,30+,40-,41-,44-,45-/m0/s1. The molecule has 17 nitrogen and oxygen atoms in total. The molecule has 0 bridgehead atoms. The van der Waals surface area contributed by atoms with Gasteiger partial charge in [0.15, 0.2) is 0 Å². The molecule has 10 rings (SSSR count). The van der Waals surface area contributed by atoms with E-state index in [1.165, 1.54) is 14.2 Å². The Balaban J connectivity index is 0.903. The zero-order valence-corrected chi connectivity index (χ0v) is 43.3. The SMILES string of the molecule is COC(=O)N[C@H](C(=O)N1[C@@H](C)CC[C@H]1c1nc(-c2ccc3c(c2)COc2cc4c(ccc5[nH]c([C@@H]6CC[C@H](C)N6C(=O)[C@@H](NC(=O)OC)C6C[C@@H](C)O[C@H](C)C6)nc54)cc2-3)c(Br)[nH]1)C1C[C@@H](C)O[C@H](C)C1. The van der Waals surface area contributed by atoms with E-state index in [0.29, 0.717) is 48.5 Å². The molecule has 0 radical (unpaired) electrons. The Labute approximate surface area is 421 Å². The Morgan fingerprint density at radius 3 is 1.79 bits per heavy atom. The van der Waals surface area contributed by atoms with Crippen molar-refractivity contribution in [3.05, 3.63) is 64.3 Å². The monoisotopic (exact) mass is 1040 g/mol. The van der Waals surface area contributed by atoms with Crippen LogP contribution in [0, 0.1) is 11.8 Å². The van der Waals surface area contributed by atoms with Crippen molar-refractivity contribution < 1.29 is 42.9 Å². The maximum Gasteiger partial charge on any atom is 0.407 e. The topological polar surface area (TPSA) is 202 Å². The summed E-state index contributed by atoms with van der Waals surface area (Å²) in [6, 6.07) is 12.4. The van der Waals surface area contributed by atoms with Crippen molar-refractivity contribution in [2.45, 2.75) is 160 Å². The average molecular weight is 1040 g/mol. The number of aromatic amines is 2. The Kier molecular flexibility index (Phi) is 13.6. The molecule has 5 aromatic rings. The van der Waals surface area contributed by atoms with Gasteiger partial charge in [-0.25, -0.2) is 19.6 Å². The minimum absolute atomic E-state index is 0.0397. The molecule has 0 aliphatic carbocycles. The first-order valence-electron chi connectivity index (χ1n) is 25.2. The fourth-order valence-electron chi connectivity index (χ4n) is 12.5. The summed E-state index contributed by atoms with van der Waals surface area (Å²) in [7, 11) is 2.63. The molecule has 71 heavy (non-hydrogen) atoms. The molecule has 4 N–H and O–H groups in total. The van der Waals surface area contributed by atoms with Crippen molar-refractivity contribution in [2.75, 3.05) is 14.2 Å². The van der Waals surface area contributed by atoms with Crippen molar-refractivity contribution in [2.24, 2.45) is 11.8 Å². The molecule has 3 aromatic carbocycles. The minimum Gasteiger partial charge on any atom is -0.488 e. The van der Waals surface area contributed by atoms with Gasteiger partial charge in [-0.2, -0.15) is 0 Å². The van der Waals surface area contributed by atoms with Crippen LogP contribution in [0.3, 0.4) is 0 Å². The molecule has 4 fully saturated rings. The van der Waals surface area contributed by atoms with Gasteiger partial charge in [-0.15, -0.1) is 0 Å². The van der Waals surface area contributed by atoms with Crippen LogP contribution in [0.2, 0.25) is 0 Å². The number of likely N-dealkylation sites (tertiary alicyclic amines) is 2. The molecule has 2 aromatic heterocycles. The van der Waals surface area contributed by atoms with Gasteiger partial charge < -0.3 is 54.1 Å². The molecular formula is C53H65BrN8O9. The lowest BCUT2D eigenvalue weighted by Crippen LogP contribution is -2.55. The fourth-order valence-corrected chi connectivity index (χ4v) is 13.0. The van der Waals surface area contributed by atoms with Gasteiger partial charge >= 0.3 is 12.2 Å². The number of hydrogen-bond donors (Lipinski definition) is 4. The van der Waals surface area contributed by atoms with Gasteiger partial charge in [0.1, 0.15) is 46.4 Å². The van der Waals surface area contributed by atoms with Crippen molar-refractivity contribution >= 4 is 61.7 Å². The summed E-state index contributed by atoms with van der Waals surface area (Å²) in [5.41, 5.74) is 6.34. The average Bonchev–Trinajstić information content (AvgIpc) is 4.15. The number of imidazole rings is 2. The Morgan fingerprint density at radius 1 is 0.690 bits per heavy atom. The molecule has 10 atom stereocenters. The van der Waals surface area contributed by atoms with Crippen molar-refractivity contribution in [3.63, 3.8) is 0 Å². The molecule has 0 unspecified atom stereocenters. The predicted molar refractivity (Wildman–Crippen MR) is 269 cm³/mol. The van der Waals surface area contributed by atoms with E-state index in [1.807, 2.05) is 50.5 Å². The number of carbonyl (C=O) groups is 4. The number of nitrogens with zero attached hydrogens (tertiary/aromatic N) is 4. The minimum atomic E-state index is -0.766. The fraction of sp³-hybridized carbons (Fsp3) is 0.547. The van der Waals surface area contributed by atoms with Gasteiger partial charge in [0, 0.05) is 28.6 Å². The maximum absolute atomic E-state index is 14.6. The molecule has 5 aliphatic heterocycles. The summed E-state index contributed by atoms with van der Waals surface area (Å²) in [6.45, 7) is 12.5. The van der Waals surface area contributed by atoms with Crippen molar-refractivity contribution in [3.8, 4) is 28.1 Å². The van der Waals surface area contributed by atoms with E-state index < -0.39 is 24.3 Å². The normalized spacial score (nSPS) is 28.2. The smallest absolute Gasteiger partial charge is 0.407 e. The lowest BCUT2D eigenvalue weighted by molar-refractivity contribution is -0.141. The number of aromatic nitrogens is 4. The molecule has 0 saturated carbocycles. The quantitative estimate of drug-likeness (QED) is 0.110. The first-order valence-corrected chi connectivity index (χ1v) is 26.0. The third-order valence-corrected chi connectivity index (χ3v) is 16.2. The predicted octanol–water partition coefficient (Wildman–Crippen LogP) is 9.39. The number of nitrogens with one attached hydrogen (secondary N) is 4. The number of fused-ring (bicyclic) bond motifs is 6. The number of alkyl carbamates (subject to hydrolysis) is 2.